The number of alkyl halides is 3. The number of H-pyrrole nitrogens is 1. The van der Waals surface area contributed by atoms with Crippen molar-refractivity contribution in [2.24, 2.45) is 14.1 Å². The number of carbonyl (C=O) groups is 6. The average Bonchev–Trinajstić information content (AvgIpc) is 1.78. The van der Waals surface area contributed by atoms with Crippen molar-refractivity contribution in [2.45, 2.75) is 33.2 Å². The van der Waals surface area contributed by atoms with Gasteiger partial charge in [-0.2, -0.15) is 33.6 Å². The monoisotopic (exact) mass is 1790 g/mol. The highest BCUT2D eigenvalue weighted by Gasteiger charge is 2.29. The molecule has 0 unspecified atom stereocenters. The number of aromatic nitrogens is 22. The highest BCUT2D eigenvalue weighted by molar-refractivity contribution is 6.07. The Kier molecular flexibility index (Phi) is 33.5. The van der Waals surface area contributed by atoms with E-state index in [0.29, 0.717) is 127 Å². The lowest BCUT2D eigenvalue weighted by atomic mass is 10.1. The van der Waals surface area contributed by atoms with E-state index in [4.69, 9.17) is 34.4 Å². The largest absolute Gasteiger partial charge is 0.483 e. The summed E-state index contributed by atoms with van der Waals surface area (Å²) in [6.07, 6.45) is 26.0. The number of pyridine rings is 10. The summed E-state index contributed by atoms with van der Waals surface area (Å²) in [6, 6.07) is 54.2. The average molecular weight is 1790 g/mol. The molecule has 0 bridgehead atoms. The van der Waals surface area contributed by atoms with Crippen molar-refractivity contribution in [3.05, 3.63) is 328 Å². The fraction of sp³-hybridized carbons (Fsp3) is 0.118. The zero-order valence-corrected chi connectivity index (χ0v) is 71.3. The summed E-state index contributed by atoms with van der Waals surface area (Å²) in [4.78, 5) is 130. The Bertz CT molecular complexity index is 6650. The van der Waals surface area contributed by atoms with Crippen LogP contribution < -0.4 is 30.7 Å². The molecular weight excluding hydrogens is 1710 g/mol. The lowest BCUT2D eigenvalue weighted by molar-refractivity contribution is -0.153. The van der Waals surface area contributed by atoms with Gasteiger partial charge in [-0.3, -0.25) is 92.8 Å². The molecule has 670 valence electrons. The van der Waals surface area contributed by atoms with Crippen LogP contribution in [-0.4, -0.2) is 193 Å². The Labute approximate surface area is 756 Å². The third kappa shape index (κ3) is 27.5. The molecule has 16 aromatic heterocycles. The maximum atomic E-state index is 13.1. The standard InChI is InChI=1S/C26H21N7O2.C25H27N7O.C21H16F3N7O2.C19H14N6O.2CH2O2/c1-33-16-23(25(32-33)22-15-27-12-13-28-22)31-26(34)21-9-5-8-20(30-21)19-10-11-29-24(14-19)35-17-18-6-3-2-4-7-18;1-3-31(4-2)16-17-32-18-23(24(30-32)21-8-5-6-13-27-21)29-25(33)22-10-7-9-20(28-22)19-11-14-26-15-12-19;1-31-11-18(19(30-31)17-10-25-5-6-27-17)29-20(32)16-4-2-3-15(28-16)13-7-14(9-26-8-13)33-12-21(22,23)24;26-19(16-6-3-5-14(23-16)13-7-10-20-11-8-13)24-17-12-22-25-18(17)15-4-1-2-9-21-15;2*2-1-3/h2-16H,17H2,1H3,(H,31,34);5-15,18H,3-4,16-17H2,1-2H3,(H,29,33);2-11H,12H2,1H3,(H,29,32);1-12H,(H,22,25)(H,24,26);2*1H,(H,2,3). The van der Waals surface area contributed by atoms with Gasteiger partial charge in [0.05, 0.1) is 88.2 Å². The molecule has 0 saturated heterocycles. The maximum Gasteiger partial charge on any atom is 0.422 e. The maximum absolute atomic E-state index is 13.1. The zero-order valence-electron chi connectivity index (χ0n) is 71.3. The SMILES string of the molecule is CCN(CC)CCn1cc(NC(=O)c2cccc(-c3ccncc3)n2)c(-c2ccccn2)n1.Cn1cc(NC(=O)c2cccc(-c3ccnc(OCc4ccccc4)c3)n2)c(-c2cnccn2)n1.Cn1cc(NC(=O)c2cccc(-c3cncc(OCC(F)(F)F)c3)n2)c(-c2cnccn2)n1.O=C(Nc1cn[nH]c1-c1ccccn1)c1cccc(-c2ccncc2)n1.O=CO.O=CO. The second kappa shape index (κ2) is 47.5. The fourth-order valence-corrected chi connectivity index (χ4v) is 12.4. The quantitative estimate of drug-likeness (QED) is 0.0248. The first-order valence-electron chi connectivity index (χ1n) is 40.4. The molecule has 17 aromatic rings. The summed E-state index contributed by atoms with van der Waals surface area (Å²) in [5.41, 5.74) is 14.2. The van der Waals surface area contributed by atoms with E-state index in [1.807, 2.05) is 132 Å². The smallest absolute Gasteiger partial charge is 0.422 e. The van der Waals surface area contributed by atoms with Crippen LogP contribution in [0.25, 0.3) is 90.6 Å². The van der Waals surface area contributed by atoms with Gasteiger partial charge in [0, 0.05) is 142 Å². The van der Waals surface area contributed by atoms with Gasteiger partial charge in [0.15, 0.2) is 6.61 Å². The van der Waals surface area contributed by atoms with Crippen LogP contribution in [-0.2, 0) is 36.8 Å². The third-order valence-electron chi connectivity index (χ3n) is 18.6. The Morgan fingerprint density at radius 2 is 0.865 bits per heavy atom. The van der Waals surface area contributed by atoms with E-state index in [1.54, 1.807) is 148 Å². The van der Waals surface area contributed by atoms with Crippen molar-refractivity contribution < 1.29 is 61.6 Å². The molecule has 0 radical (unpaired) electrons. The van der Waals surface area contributed by atoms with E-state index >= 15 is 0 Å². The number of anilines is 4. The zero-order chi connectivity index (χ0) is 93.7. The molecule has 16 heterocycles. The van der Waals surface area contributed by atoms with E-state index in [9.17, 15) is 32.3 Å². The molecule has 40 heteroatoms. The minimum Gasteiger partial charge on any atom is -0.483 e. The molecule has 7 N–H and O–H groups in total. The lowest BCUT2D eigenvalue weighted by Gasteiger charge is -2.17. The molecule has 0 spiro atoms. The van der Waals surface area contributed by atoms with Crippen LogP contribution in [0.5, 0.6) is 11.6 Å². The number of likely N-dealkylation sites (N-methyl/N-ethyl adjacent to an activating group) is 1. The number of benzene rings is 1. The number of hydrogen-bond donors (Lipinski definition) is 7. The summed E-state index contributed by atoms with van der Waals surface area (Å²) in [5.74, 6) is -1.07. The molecule has 17 rings (SSSR count). The summed E-state index contributed by atoms with van der Waals surface area (Å²) >= 11 is 0. The topological polar surface area (TPSA) is 475 Å². The van der Waals surface area contributed by atoms with E-state index in [2.05, 4.69) is 130 Å². The number of amides is 4. The van der Waals surface area contributed by atoms with Gasteiger partial charge >= 0.3 is 6.18 Å². The highest BCUT2D eigenvalue weighted by Crippen LogP contribution is 2.32. The first-order valence-corrected chi connectivity index (χ1v) is 40.4. The van der Waals surface area contributed by atoms with Crippen LogP contribution in [0.4, 0.5) is 35.9 Å². The van der Waals surface area contributed by atoms with Crippen LogP contribution in [0.3, 0.4) is 0 Å². The number of rotatable bonds is 26. The molecule has 1 aromatic carbocycles. The van der Waals surface area contributed by atoms with Crippen molar-refractivity contribution >= 4 is 59.3 Å². The van der Waals surface area contributed by atoms with Crippen LogP contribution in [0.1, 0.15) is 61.4 Å². The van der Waals surface area contributed by atoms with E-state index < -0.39 is 18.7 Å². The van der Waals surface area contributed by atoms with Gasteiger partial charge in [-0.15, -0.1) is 0 Å². The Balaban J connectivity index is 0.000000157. The number of hydrogen-bond acceptors (Lipinski definition) is 27. The number of carbonyl (C=O) groups excluding carboxylic acids is 4. The number of ether oxygens (including phenoxy) is 2. The van der Waals surface area contributed by atoms with Crippen molar-refractivity contribution in [1.29, 1.82) is 0 Å². The molecule has 133 heavy (non-hydrogen) atoms. The summed E-state index contributed by atoms with van der Waals surface area (Å²) in [6.45, 7) is 6.31. The van der Waals surface area contributed by atoms with Crippen LogP contribution >= 0.6 is 0 Å². The highest BCUT2D eigenvalue weighted by atomic mass is 19.4. The minimum absolute atomic E-state index is 0.0644. The van der Waals surface area contributed by atoms with Gasteiger partial charge in [0.2, 0.25) is 5.88 Å². The molecule has 0 aliphatic rings. The van der Waals surface area contributed by atoms with Crippen LogP contribution in [0.15, 0.2) is 300 Å². The lowest BCUT2D eigenvalue weighted by Crippen LogP contribution is -2.27. The molecule has 0 atom stereocenters. The van der Waals surface area contributed by atoms with Crippen molar-refractivity contribution in [3.8, 4) is 102 Å². The molecule has 0 saturated carbocycles. The van der Waals surface area contributed by atoms with Crippen molar-refractivity contribution in [1.82, 2.24) is 114 Å². The molecular formula is C93H82F3N27O10. The normalized spacial score (nSPS) is 10.6. The second-order valence-corrected chi connectivity index (χ2v) is 27.7. The number of aryl methyl sites for hydroxylation is 2. The molecule has 0 aliphatic carbocycles. The number of halogens is 3. The van der Waals surface area contributed by atoms with Crippen LogP contribution in [0.2, 0.25) is 0 Å². The van der Waals surface area contributed by atoms with Gasteiger partial charge < -0.3 is 45.9 Å². The van der Waals surface area contributed by atoms with E-state index in [1.165, 1.54) is 47.8 Å². The van der Waals surface area contributed by atoms with Gasteiger partial charge in [0.25, 0.3) is 36.6 Å². The van der Waals surface area contributed by atoms with Crippen LogP contribution in [0, 0.1) is 0 Å². The number of aromatic amines is 1. The summed E-state index contributed by atoms with van der Waals surface area (Å²) in [7, 11) is 3.48. The Hall–Kier alpha value is -18.1. The predicted molar refractivity (Wildman–Crippen MR) is 485 cm³/mol. The first-order chi connectivity index (χ1) is 64.7. The second-order valence-electron chi connectivity index (χ2n) is 27.7. The molecule has 4 amide bonds. The number of nitrogens with one attached hydrogen (secondary N) is 5. The van der Waals surface area contributed by atoms with Crippen molar-refractivity contribution in [3.63, 3.8) is 0 Å². The third-order valence-corrected chi connectivity index (χ3v) is 18.6. The van der Waals surface area contributed by atoms with E-state index in [-0.39, 0.29) is 47.8 Å². The predicted octanol–water partition coefficient (Wildman–Crippen LogP) is 14.3. The Morgan fingerprint density at radius 3 is 1.34 bits per heavy atom. The Morgan fingerprint density at radius 1 is 0.421 bits per heavy atom. The van der Waals surface area contributed by atoms with Gasteiger partial charge in [-0.1, -0.05) is 80.6 Å². The summed E-state index contributed by atoms with van der Waals surface area (Å²) in [5, 5.41) is 45.5. The van der Waals surface area contributed by atoms with Gasteiger partial charge in [0.1, 0.15) is 69.3 Å². The minimum atomic E-state index is -4.47. The fourth-order valence-electron chi connectivity index (χ4n) is 12.4. The first kappa shape index (κ1) is 94.0. The summed E-state index contributed by atoms with van der Waals surface area (Å²) < 4.78 is 52.8. The molecule has 37 nitrogen and oxygen atoms in total. The van der Waals surface area contributed by atoms with Gasteiger partial charge in [-0.25, -0.2) is 24.9 Å². The van der Waals surface area contributed by atoms with Gasteiger partial charge in [-0.05, 0) is 128 Å². The number of nitrogens with zero attached hydrogens (tertiary/aromatic N) is 22. The molecule has 0 fully saturated rings. The number of carboxylic acid groups (broad SMARTS) is 2. The molecule has 0 aliphatic heterocycles. The van der Waals surface area contributed by atoms with E-state index in [0.717, 1.165) is 41.9 Å². The van der Waals surface area contributed by atoms with Crippen molar-refractivity contribution in [2.75, 3.05) is 47.5 Å².